The highest BCUT2D eigenvalue weighted by atomic mass is 19.4. The second-order valence-corrected chi connectivity index (χ2v) is 9.03. The first-order chi connectivity index (χ1) is 17.2. The molecular formula is C22H25F3N8O3. The van der Waals surface area contributed by atoms with E-state index in [0.29, 0.717) is 24.6 Å². The summed E-state index contributed by atoms with van der Waals surface area (Å²) in [7, 11) is 0. The van der Waals surface area contributed by atoms with Crippen molar-refractivity contribution in [2.24, 2.45) is 0 Å². The van der Waals surface area contributed by atoms with Gasteiger partial charge >= 0.3 is 12.2 Å². The number of carbonyl (C=O) groups excluding carboxylic acids is 1. The third-order valence-corrected chi connectivity index (χ3v) is 6.22. The van der Waals surface area contributed by atoms with Gasteiger partial charge in [0.05, 0.1) is 49.0 Å². The molecule has 192 valence electrons. The highest BCUT2D eigenvalue weighted by Gasteiger charge is 2.38. The quantitative estimate of drug-likeness (QED) is 0.543. The third-order valence-electron chi connectivity index (χ3n) is 6.22. The number of fused-ring (bicyclic) bond motifs is 1. The molecule has 0 radical (unpaired) electrons. The van der Waals surface area contributed by atoms with Crippen LogP contribution < -0.4 is 10.1 Å². The molecule has 11 nitrogen and oxygen atoms in total. The number of H-pyrrole nitrogens is 1. The largest absolute Gasteiger partial charge is 0.471 e. The Hall–Kier alpha value is -3.68. The van der Waals surface area contributed by atoms with E-state index < -0.39 is 17.8 Å². The number of aromatic amines is 1. The molecule has 0 unspecified atom stereocenters. The number of urea groups is 1. The summed E-state index contributed by atoms with van der Waals surface area (Å²) in [5.74, 6) is 0.956. The highest BCUT2D eigenvalue weighted by Crippen LogP contribution is 2.34. The van der Waals surface area contributed by atoms with Crippen molar-refractivity contribution in [1.82, 2.24) is 35.1 Å². The van der Waals surface area contributed by atoms with Crippen LogP contribution in [0.25, 0.3) is 0 Å². The van der Waals surface area contributed by atoms with Gasteiger partial charge in [-0.2, -0.15) is 28.5 Å². The molecule has 2 amide bonds. The van der Waals surface area contributed by atoms with Crippen molar-refractivity contribution >= 4 is 11.8 Å². The summed E-state index contributed by atoms with van der Waals surface area (Å²) in [5, 5.41) is 21.4. The third kappa shape index (κ3) is 4.85. The van der Waals surface area contributed by atoms with Gasteiger partial charge in [-0.25, -0.2) is 4.79 Å². The Morgan fingerprint density at radius 1 is 1.33 bits per heavy atom. The maximum Gasteiger partial charge on any atom is 0.419 e. The fourth-order valence-corrected chi connectivity index (χ4v) is 4.32. The van der Waals surface area contributed by atoms with Crippen molar-refractivity contribution in [2.75, 3.05) is 18.5 Å². The first-order valence-corrected chi connectivity index (χ1v) is 11.5. The Labute approximate surface area is 204 Å². The first kappa shape index (κ1) is 24.0. The fourth-order valence-electron chi connectivity index (χ4n) is 4.32. The number of alkyl halides is 3. The average molecular weight is 506 g/mol. The normalized spacial score (nSPS) is 20.0. The number of rotatable bonds is 5. The number of nitrogens with one attached hydrogen (secondary N) is 2. The van der Waals surface area contributed by atoms with E-state index in [4.69, 9.17) is 9.47 Å². The van der Waals surface area contributed by atoms with E-state index in [1.807, 2.05) is 19.9 Å². The van der Waals surface area contributed by atoms with E-state index in [1.165, 1.54) is 9.58 Å². The predicted molar refractivity (Wildman–Crippen MR) is 119 cm³/mol. The van der Waals surface area contributed by atoms with Crippen molar-refractivity contribution in [3.05, 3.63) is 47.0 Å². The topological polar surface area (TPSA) is 123 Å². The number of amides is 2. The minimum Gasteiger partial charge on any atom is -0.471 e. The number of hydrogen-bond donors (Lipinski definition) is 2. The van der Waals surface area contributed by atoms with Gasteiger partial charge in [-0.1, -0.05) is 13.8 Å². The Kier molecular flexibility index (Phi) is 6.28. The van der Waals surface area contributed by atoms with Gasteiger partial charge in [0, 0.05) is 24.6 Å². The SMILES string of the molecule is CC(C)c1ccnnc1O[C@H]1CO[C@@H](c2cc(NC(=O)N3CCn4ncc(C(F)(F)F)c4C3)n[nH]2)C1. The van der Waals surface area contributed by atoms with Gasteiger partial charge in [-0.15, -0.1) is 5.10 Å². The Morgan fingerprint density at radius 2 is 2.17 bits per heavy atom. The number of anilines is 1. The zero-order chi connectivity index (χ0) is 25.4. The van der Waals surface area contributed by atoms with E-state index in [-0.39, 0.29) is 49.3 Å². The van der Waals surface area contributed by atoms with E-state index in [1.54, 1.807) is 12.3 Å². The summed E-state index contributed by atoms with van der Waals surface area (Å²) in [6.07, 6.45) is -2.12. The van der Waals surface area contributed by atoms with Gasteiger partial charge < -0.3 is 14.4 Å². The van der Waals surface area contributed by atoms with Gasteiger partial charge in [-0.3, -0.25) is 15.1 Å². The monoisotopic (exact) mass is 506 g/mol. The molecule has 0 bridgehead atoms. The van der Waals surface area contributed by atoms with Crippen LogP contribution in [0.3, 0.4) is 0 Å². The number of carbonyl (C=O) groups is 1. The minimum atomic E-state index is -4.53. The van der Waals surface area contributed by atoms with Crippen molar-refractivity contribution in [2.45, 2.75) is 57.7 Å². The summed E-state index contributed by atoms with van der Waals surface area (Å²) < 4.78 is 52.8. The molecule has 14 heteroatoms. The molecule has 2 aliphatic rings. The van der Waals surface area contributed by atoms with Crippen molar-refractivity contribution in [3.63, 3.8) is 0 Å². The van der Waals surface area contributed by atoms with Crippen LogP contribution in [0.5, 0.6) is 5.88 Å². The van der Waals surface area contributed by atoms with Gasteiger partial charge in [0.2, 0.25) is 5.88 Å². The first-order valence-electron chi connectivity index (χ1n) is 11.5. The lowest BCUT2D eigenvalue weighted by molar-refractivity contribution is -0.138. The number of nitrogens with zero attached hydrogens (tertiary/aromatic N) is 6. The second kappa shape index (κ2) is 9.41. The van der Waals surface area contributed by atoms with Crippen LogP contribution >= 0.6 is 0 Å². The fraction of sp³-hybridized carbons (Fsp3) is 0.500. The molecule has 3 aromatic rings. The highest BCUT2D eigenvalue weighted by molar-refractivity contribution is 5.88. The van der Waals surface area contributed by atoms with Crippen LogP contribution in [0.2, 0.25) is 0 Å². The van der Waals surface area contributed by atoms with Crippen LogP contribution in [0, 0.1) is 0 Å². The molecule has 0 saturated carbocycles. The van der Waals surface area contributed by atoms with Crippen LogP contribution in [-0.4, -0.2) is 60.4 Å². The molecule has 36 heavy (non-hydrogen) atoms. The molecule has 2 N–H and O–H groups in total. The Bertz CT molecular complexity index is 1240. The van der Waals surface area contributed by atoms with Gasteiger partial charge in [0.1, 0.15) is 12.2 Å². The van der Waals surface area contributed by atoms with Gasteiger partial charge in [0.25, 0.3) is 0 Å². The average Bonchev–Trinajstić information content (AvgIpc) is 3.58. The molecule has 2 atom stereocenters. The number of aromatic nitrogens is 6. The zero-order valence-corrected chi connectivity index (χ0v) is 19.6. The summed E-state index contributed by atoms with van der Waals surface area (Å²) in [5.41, 5.74) is 0.735. The predicted octanol–water partition coefficient (Wildman–Crippen LogP) is 3.50. The van der Waals surface area contributed by atoms with Crippen LogP contribution in [0.1, 0.15) is 54.8 Å². The Balaban J connectivity index is 1.19. The van der Waals surface area contributed by atoms with E-state index in [9.17, 15) is 18.0 Å². The second-order valence-electron chi connectivity index (χ2n) is 9.03. The summed E-state index contributed by atoms with van der Waals surface area (Å²) in [6.45, 7) is 4.64. The minimum absolute atomic E-state index is 0.0410. The molecule has 3 aromatic heterocycles. The maximum atomic E-state index is 13.2. The molecule has 0 aliphatic carbocycles. The zero-order valence-electron chi connectivity index (χ0n) is 19.6. The summed E-state index contributed by atoms with van der Waals surface area (Å²) >= 11 is 0. The van der Waals surface area contributed by atoms with Gasteiger partial charge in [-0.05, 0) is 12.0 Å². The number of hydrogen-bond acceptors (Lipinski definition) is 7. The standard InChI is InChI=1S/C22H25F3N8O3/c1-12(2)14-3-4-26-31-20(14)36-13-7-18(35-11-13)16-8-19(30-29-16)28-21(34)32-5-6-33-17(10-32)15(9-27-33)22(23,24)25/h3-4,8-9,12-13,18H,5-7,10-11H2,1-2H3,(H2,28,29,30,34)/t13-,18-/m1/s1. The lowest BCUT2D eigenvalue weighted by Gasteiger charge is -2.28. The lowest BCUT2D eigenvalue weighted by Crippen LogP contribution is -2.41. The van der Waals surface area contributed by atoms with E-state index in [2.05, 4.69) is 30.8 Å². The number of ether oxygens (including phenoxy) is 2. The molecule has 0 spiro atoms. The van der Waals surface area contributed by atoms with E-state index in [0.717, 1.165) is 11.8 Å². The molecule has 0 aromatic carbocycles. The van der Waals surface area contributed by atoms with E-state index >= 15 is 0 Å². The molecular weight excluding hydrogens is 481 g/mol. The molecule has 5 heterocycles. The lowest BCUT2D eigenvalue weighted by atomic mass is 10.1. The Morgan fingerprint density at radius 3 is 2.94 bits per heavy atom. The van der Waals surface area contributed by atoms with Crippen molar-refractivity contribution in [1.29, 1.82) is 0 Å². The van der Waals surface area contributed by atoms with Crippen molar-refractivity contribution < 1.29 is 27.4 Å². The van der Waals surface area contributed by atoms with Crippen molar-refractivity contribution in [3.8, 4) is 5.88 Å². The molecule has 1 saturated heterocycles. The van der Waals surface area contributed by atoms with Gasteiger partial charge in [0.15, 0.2) is 5.82 Å². The van der Waals surface area contributed by atoms with Crippen LogP contribution in [0.15, 0.2) is 24.5 Å². The van der Waals surface area contributed by atoms with Crippen LogP contribution in [0.4, 0.5) is 23.8 Å². The summed E-state index contributed by atoms with van der Waals surface area (Å²) in [6, 6.07) is 2.97. The maximum absolute atomic E-state index is 13.2. The van der Waals surface area contributed by atoms with Crippen LogP contribution in [-0.2, 0) is 24.0 Å². The number of halogens is 3. The molecule has 5 rings (SSSR count). The molecule has 2 aliphatic heterocycles. The smallest absolute Gasteiger partial charge is 0.419 e. The summed E-state index contributed by atoms with van der Waals surface area (Å²) in [4.78, 5) is 14.0. The molecule has 1 fully saturated rings.